The summed E-state index contributed by atoms with van der Waals surface area (Å²) in [5.74, 6) is -0.426. The molecule has 0 spiro atoms. The van der Waals surface area contributed by atoms with Crippen LogP contribution < -0.4 is 0 Å². The lowest BCUT2D eigenvalue weighted by Crippen LogP contribution is -2.40. The maximum Gasteiger partial charge on any atom is 0.243 e. The third kappa shape index (κ3) is 2.73. The predicted molar refractivity (Wildman–Crippen MR) is 100 cm³/mol. The SMILES string of the molecule is Cc1cc(F)ccc1S(=O)(=O)N(C)C1CCc2[nH]c3ccccc3c2C1. The molecule has 0 saturated heterocycles. The van der Waals surface area contributed by atoms with Crippen LogP contribution in [0.5, 0.6) is 0 Å². The molecule has 1 N–H and O–H groups in total. The average Bonchev–Trinajstić information content (AvgIpc) is 2.98. The van der Waals surface area contributed by atoms with Gasteiger partial charge in [-0.1, -0.05) is 18.2 Å². The third-order valence-electron chi connectivity index (χ3n) is 5.38. The van der Waals surface area contributed by atoms with Crippen molar-refractivity contribution in [3.05, 3.63) is 65.1 Å². The van der Waals surface area contributed by atoms with E-state index in [1.165, 1.54) is 33.8 Å². The number of rotatable bonds is 3. The van der Waals surface area contributed by atoms with E-state index >= 15 is 0 Å². The first-order valence-electron chi connectivity index (χ1n) is 8.70. The van der Waals surface area contributed by atoms with Crippen molar-refractivity contribution < 1.29 is 12.8 Å². The number of benzene rings is 2. The number of fused-ring (bicyclic) bond motifs is 3. The Bertz CT molecular complexity index is 1090. The standard InChI is InChI=1S/C20H21FN2O2S/c1-13-11-14(21)7-10-20(13)26(24,25)23(2)15-8-9-19-17(12-15)16-5-3-4-6-18(16)22-19/h3-7,10-11,15,22H,8-9,12H2,1-2H3. The first-order valence-corrected chi connectivity index (χ1v) is 10.1. The molecule has 0 amide bonds. The molecule has 1 aliphatic carbocycles. The van der Waals surface area contributed by atoms with Gasteiger partial charge in [0.15, 0.2) is 0 Å². The Labute approximate surface area is 152 Å². The quantitative estimate of drug-likeness (QED) is 0.760. The van der Waals surface area contributed by atoms with Gasteiger partial charge in [-0.25, -0.2) is 12.8 Å². The second-order valence-corrected chi connectivity index (χ2v) is 8.92. The summed E-state index contributed by atoms with van der Waals surface area (Å²) in [7, 11) is -2.04. The summed E-state index contributed by atoms with van der Waals surface area (Å²) in [5.41, 5.74) is 3.93. The van der Waals surface area contributed by atoms with Crippen molar-refractivity contribution in [2.45, 2.75) is 37.1 Å². The van der Waals surface area contributed by atoms with E-state index in [1.807, 2.05) is 18.2 Å². The first kappa shape index (κ1) is 17.2. The van der Waals surface area contributed by atoms with Crippen molar-refractivity contribution in [2.75, 3.05) is 7.05 Å². The highest BCUT2D eigenvalue weighted by molar-refractivity contribution is 7.89. The van der Waals surface area contributed by atoms with Gasteiger partial charge in [-0.15, -0.1) is 0 Å². The van der Waals surface area contributed by atoms with Crippen LogP contribution >= 0.6 is 0 Å². The molecule has 0 bridgehead atoms. The van der Waals surface area contributed by atoms with E-state index in [0.717, 1.165) is 23.7 Å². The van der Waals surface area contributed by atoms with Crippen molar-refractivity contribution >= 4 is 20.9 Å². The number of para-hydroxylation sites is 1. The van der Waals surface area contributed by atoms with Crippen LogP contribution in [-0.4, -0.2) is 30.8 Å². The van der Waals surface area contributed by atoms with E-state index in [4.69, 9.17) is 0 Å². The molecular weight excluding hydrogens is 351 g/mol. The molecule has 3 aromatic rings. The molecule has 1 heterocycles. The van der Waals surface area contributed by atoms with E-state index in [-0.39, 0.29) is 10.9 Å². The smallest absolute Gasteiger partial charge is 0.243 e. The highest BCUT2D eigenvalue weighted by atomic mass is 32.2. The highest BCUT2D eigenvalue weighted by Gasteiger charge is 2.32. The zero-order valence-corrected chi connectivity index (χ0v) is 15.6. The van der Waals surface area contributed by atoms with Gasteiger partial charge in [0.2, 0.25) is 10.0 Å². The first-order chi connectivity index (χ1) is 12.4. The zero-order chi connectivity index (χ0) is 18.5. The summed E-state index contributed by atoms with van der Waals surface area (Å²) >= 11 is 0. The zero-order valence-electron chi connectivity index (χ0n) is 14.8. The number of halogens is 1. The van der Waals surface area contributed by atoms with E-state index in [2.05, 4.69) is 11.1 Å². The predicted octanol–water partition coefficient (Wildman–Crippen LogP) is 3.79. The van der Waals surface area contributed by atoms with E-state index < -0.39 is 15.8 Å². The number of aromatic amines is 1. The number of nitrogens with zero attached hydrogens (tertiary/aromatic N) is 1. The highest BCUT2D eigenvalue weighted by Crippen LogP contribution is 2.32. The van der Waals surface area contributed by atoms with Gasteiger partial charge in [-0.2, -0.15) is 4.31 Å². The van der Waals surface area contributed by atoms with Crippen molar-refractivity contribution in [1.29, 1.82) is 0 Å². The Kier molecular flexibility index (Phi) is 4.12. The van der Waals surface area contributed by atoms with E-state index in [0.29, 0.717) is 12.0 Å². The van der Waals surface area contributed by atoms with Gasteiger partial charge in [0.05, 0.1) is 4.90 Å². The van der Waals surface area contributed by atoms with Crippen LogP contribution in [0.1, 0.15) is 23.2 Å². The molecule has 0 radical (unpaired) electrons. The monoisotopic (exact) mass is 372 g/mol. The molecule has 1 unspecified atom stereocenters. The van der Waals surface area contributed by atoms with Crippen LogP contribution in [0.25, 0.3) is 10.9 Å². The lowest BCUT2D eigenvalue weighted by atomic mass is 9.91. The van der Waals surface area contributed by atoms with Crippen LogP contribution in [0.4, 0.5) is 4.39 Å². The number of H-pyrrole nitrogens is 1. The summed E-state index contributed by atoms with van der Waals surface area (Å²) in [6.07, 6.45) is 2.25. The minimum absolute atomic E-state index is 0.115. The lowest BCUT2D eigenvalue weighted by molar-refractivity contribution is 0.335. The largest absolute Gasteiger partial charge is 0.358 e. The molecule has 0 fully saturated rings. The Morgan fingerprint density at radius 2 is 1.96 bits per heavy atom. The minimum Gasteiger partial charge on any atom is -0.358 e. The third-order valence-corrected chi connectivity index (χ3v) is 7.45. The molecule has 4 rings (SSSR count). The normalized spacial score (nSPS) is 17.6. The number of aryl methyl sites for hydroxylation is 2. The summed E-state index contributed by atoms with van der Waals surface area (Å²) in [6.45, 7) is 1.63. The molecule has 1 atom stereocenters. The summed E-state index contributed by atoms with van der Waals surface area (Å²) in [4.78, 5) is 3.62. The minimum atomic E-state index is -3.67. The molecule has 26 heavy (non-hydrogen) atoms. The maximum atomic E-state index is 13.4. The fourth-order valence-electron chi connectivity index (χ4n) is 3.91. The van der Waals surface area contributed by atoms with Crippen molar-refractivity contribution in [3.63, 3.8) is 0 Å². The van der Waals surface area contributed by atoms with Crippen LogP contribution in [0.3, 0.4) is 0 Å². The Morgan fingerprint density at radius 3 is 2.73 bits per heavy atom. The van der Waals surface area contributed by atoms with Crippen LogP contribution in [-0.2, 0) is 22.9 Å². The lowest BCUT2D eigenvalue weighted by Gasteiger charge is -2.31. The summed E-state index contributed by atoms with van der Waals surface area (Å²) in [6, 6.07) is 11.8. The fraction of sp³-hybridized carbons (Fsp3) is 0.300. The number of nitrogens with one attached hydrogen (secondary N) is 1. The van der Waals surface area contributed by atoms with Crippen LogP contribution in [0.2, 0.25) is 0 Å². The summed E-state index contributed by atoms with van der Waals surface area (Å²) < 4.78 is 41.0. The Hall–Kier alpha value is -2.18. The number of likely N-dealkylation sites (N-methyl/N-ethyl adjacent to an activating group) is 1. The molecule has 0 aliphatic heterocycles. The molecule has 2 aromatic carbocycles. The van der Waals surface area contributed by atoms with E-state index in [1.54, 1.807) is 14.0 Å². The molecule has 136 valence electrons. The number of hydrogen-bond donors (Lipinski definition) is 1. The van der Waals surface area contributed by atoms with Gasteiger partial charge in [-0.05, 0) is 61.6 Å². The molecule has 1 aliphatic rings. The molecule has 0 saturated carbocycles. The number of hydrogen-bond acceptors (Lipinski definition) is 2. The Morgan fingerprint density at radius 1 is 1.19 bits per heavy atom. The topological polar surface area (TPSA) is 53.2 Å². The summed E-state index contributed by atoms with van der Waals surface area (Å²) in [5, 5.41) is 1.16. The van der Waals surface area contributed by atoms with Crippen molar-refractivity contribution in [2.24, 2.45) is 0 Å². The second kappa shape index (κ2) is 6.21. The maximum absolute atomic E-state index is 13.4. The number of sulfonamides is 1. The molecule has 1 aromatic heterocycles. The average molecular weight is 372 g/mol. The van der Waals surface area contributed by atoms with Gasteiger partial charge in [0, 0.05) is 29.7 Å². The molecular formula is C20H21FN2O2S. The Balaban J connectivity index is 1.67. The molecule has 4 nitrogen and oxygen atoms in total. The van der Waals surface area contributed by atoms with Gasteiger partial charge >= 0.3 is 0 Å². The van der Waals surface area contributed by atoms with Gasteiger partial charge < -0.3 is 4.98 Å². The van der Waals surface area contributed by atoms with Crippen LogP contribution in [0, 0.1) is 12.7 Å². The van der Waals surface area contributed by atoms with Gasteiger partial charge in [0.25, 0.3) is 0 Å². The van der Waals surface area contributed by atoms with Gasteiger partial charge in [-0.3, -0.25) is 0 Å². The van der Waals surface area contributed by atoms with Crippen molar-refractivity contribution in [1.82, 2.24) is 9.29 Å². The fourth-order valence-corrected chi connectivity index (χ4v) is 5.50. The van der Waals surface area contributed by atoms with E-state index in [9.17, 15) is 12.8 Å². The number of aromatic nitrogens is 1. The molecule has 6 heteroatoms. The van der Waals surface area contributed by atoms with Crippen LogP contribution in [0.15, 0.2) is 47.4 Å². The van der Waals surface area contributed by atoms with Gasteiger partial charge in [0.1, 0.15) is 5.82 Å². The second-order valence-electron chi connectivity index (χ2n) is 6.96. The van der Waals surface area contributed by atoms with Crippen molar-refractivity contribution in [3.8, 4) is 0 Å².